The summed E-state index contributed by atoms with van der Waals surface area (Å²) in [7, 11) is 0. The lowest BCUT2D eigenvalue weighted by Gasteiger charge is -2.48. The van der Waals surface area contributed by atoms with E-state index < -0.39 is 0 Å². The number of carbonyl (C=O) groups excluding carboxylic acids is 1. The SMILES string of the molecule is O=C(NC1CCNC2(CCC2)C1)c1ccco1. The fraction of sp³-hybridized carbons (Fsp3) is 0.615. The predicted octanol–water partition coefficient (Wildman–Crippen LogP) is 1.68. The maximum absolute atomic E-state index is 11.9. The van der Waals surface area contributed by atoms with Crippen molar-refractivity contribution in [3.05, 3.63) is 24.2 Å². The molecule has 1 aliphatic heterocycles. The van der Waals surface area contributed by atoms with E-state index >= 15 is 0 Å². The van der Waals surface area contributed by atoms with Crippen LogP contribution in [0.5, 0.6) is 0 Å². The molecule has 17 heavy (non-hydrogen) atoms. The smallest absolute Gasteiger partial charge is 0.287 e. The molecular weight excluding hydrogens is 216 g/mol. The first-order valence-electron chi connectivity index (χ1n) is 6.37. The third-order valence-electron chi connectivity index (χ3n) is 4.02. The van der Waals surface area contributed by atoms with E-state index in [2.05, 4.69) is 10.6 Å². The molecule has 2 heterocycles. The number of rotatable bonds is 2. The molecule has 1 unspecified atom stereocenters. The molecule has 1 aromatic rings. The van der Waals surface area contributed by atoms with Crippen molar-refractivity contribution in [2.24, 2.45) is 0 Å². The number of amides is 1. The van der Waals surface area contributed by atoms with Gasteiger partial charge >= 0.3 is 0 Å². The maximum Gasteiger partial charge on any atom is 0.287 e. The van der Waals surface area contributed by atoms with Gasteiger partial charge in [-0.3, -0.25) is 4.79 Å². The first-order valence-corrected chi connectivity index (χ1v) is 6.37. The van der Waals surface area contributed by atoms with Crippen molar-refractivity contribution in [3.8, 4) is 0 Å². The molecule has 2 aliphatic rings. The fourth-order valence-electron chi connectivity index (χ4n) is 2.93. The Morgan fingerprint density at radius 3 is 3.06 bits per heavy atom. The van der Waals surface area contributed by atoms with Gasteiger partial charge in [0.2, 0.25) is 0 Å². The highest BCUT2D eigenvalue weighted by Crippen LogP contribution is 2.38. The zero-order chi connectivity index (χ0) is 11.7. The monoisotopic (exact) mass is 234 g/mol. The summed E-state index contributed by atoms with van der Waals surface area (Å²) in [6, 6.07) is 3.73. The largest absolute Gasteiger partial charge is 0.459 e. The van der Waals surface area contributed by atoms with E-state index in [4.69, 9.17) is 4.42 Å². The van der Waals surface area contributed by atoms with E-state index in [1.54, 1.807) is 12.1 Å². The molecule has 0 aromatic carbocycles. The van der Waals surface area contributed by atoms with Crippen molar-refractivity contribution in [1.82, 2.24) is 10.6 Å². The van der Waals surface area contributed by atoms with Crippen LogP contribution in [0.4, 0.5) is 0 Å². The van der Waals surface area contributed by atoms with Crippen LogP contribution in [0.3, 0.4) is 0 Å². The van der Waals surface area contributed by atoms with Crippen LogP contribution in [0.25, 0.3) is 0 Å². The standard InChI is InChI=1S/C13H18N2O2/c16-12(11-3-1-8-17-11)15-10-4-7-14-13(9-10)5-2-6-13/h1,3,8,10,14H,2,4-7,9H2,(H,15,16). The topological polar surface area (TPSA) is 54.3 Å². The van der Waals surface area contributed by atoms with Crippen LogP contribution in [0.1, 0.15) is 42.7 Å². The van der Waals surface area contributed by atoms with Crippen LogP contribution in [0.2, 0.25) is 0 Å². The van der Waals surface area contributed by atoms with Crippen molar-refractivity contribution >= 4 is 5.91 Å². The minimum absolute atomic E-state index is 0.0867. The summed E-state index contributed by atoms with van der Waals surface area (Å²) in [4.78, 5) is 11.9. The van der Waals surface area contributed by atoms with Gasteiger partial charge in [0, 0.05) is 11.6 Å². The van der Waals surface area contributed by atoms with Crippen molar-refractivity contribution in [3.63, 3.8) is 0 Å². The number of piperidine rings is 1. The molecule has 1 atom stereocenters. The summed E-state index contributed by atoms with van der Waals surface area (Å²) < 4.78 is 5.10. The van der Waals surface area contributed by atoms with Gasteiger partial charge in [-0.25, -0.2) is 0 Å². The van der Waals surface area contributed by atoms with Crippen LogP contribution in [0, 0.1) is 0 Å². The van der Waals surface area contributed by atoms with Gasteiger partial charge < -0.3 is 15.1 Å². The van der Waals surface area contributed by atoms with Gasteiger partial charge in [-0.15, -0.1) is 0 Å². The lowest BCUT2D eigenvalue weighted by molar-refractivity contribution is 0.0828. The Morgan fingerprint density at radius 1 is 1.53 bits per heavy atom. The van der Waals surface area contributed by atoms with Gasteiger partial charge in [0.05, 0.1) is 6.26 Å². The van der Waals surface area contributed by atoms with Crippen LogP contribution >= 0.6 is 0 Å². The molecule has 1 saturated carbocycles. The molecule has 2 fully saturated rings. The van der Waals surface area contributed by atoms with Crippen molar-refractivity contribution < 1.29 is 9.21 Å². The zero-order valence-corrected chi connectivity index (χ0v) is 9.87. The average molecular weight is 234 g/mol. The minimum atomic E-state index is -0.0867. The fourth-order valence-corrected chi connectivity index (χ4v) is 2.93. The molecule has 1 spiro atoms. The third kappa shape index (κ3) is 2.09. The van der Waals surface area contributed by atoms with Gasteiger partial charge in [-0.2, -0.15) is 0 Å². The minimum Gasteiger partial charge on any atom is -0.459 e. The number of carbonyl (C=O) groups is 1. The first kappa shape index (κ1) is 10.8. The summed E-state index contributed by atoms with van der Waals surface area (Å²) in [5, 5.41) is 6.67. The van der Waals surface area contributed by atoms with Crippen LogP contribution in [-0.4, -0.2) is 24.0 Å². The summed E-state index contributed by atoms with van der Waals surface area (Å²) in [5.41, 5.74) is 0.319. The lowest BCUT2D eigenvalue weighted by atomic mass is 9.70. The van der Waals surface area contributed by atoms with E-state index in [1.807, 2.05) is 0 Å². The normalized spacial score (nSPS) is 26.5. The quantitative estimate of drug-likeness (QED) is 0.818. The molecule has 1 amide bonds. The summed E-state index contributed by atoms with van der Waals surface area (Å²) >= 11 is 0. The highest BCUT2D eigenvalue weighted by molar-refractivity contribution is 5.91. The molecule has 4 heteroatoms. The molecule has 92 valence electrons. The predicted molar refractivity (Wildman–Crippen MR) is 63.8 cm³/mol. The Labute approximate surface area is 101 Å². The molecular formula is C13H18N2O2. The Bertz CT molecular complexity index is 396. The summed E-state index contributed by atoms with van der Waals surface area (Å²) in [6.07, 6.45) is 7.41. The first-order chi connectivity index (χ1) is 8.27. The number of hydrogen-bond donors (Lipinski definition) is 2. The number of nitrogens with one attached hydrogen (secondary N) is 2. The average Bonchev–Trinajstić information content (AvgIpc) is 2.81. The van der Waals surface area contributed by atoms with E-state index in [0.29, 0.717) is 11.3 Å². The lowest BCUT2D eigenvalue weighted by Crippen LogP contribution is -2.59. The highest BCUT2D eigenvalue weighted by Gasteiger charge is 2.41. The Morgan fingerprint density at radius 2 is 2.41 bits per heavy atom. The van der Waals surface area contributed by atoms with Crippen molar-refractivity contribution in [2.75, 3.05) is 6.54 Å². The van der Waals surface area contributed by atoms with Crippen LogP contribution in [-0.2, 0) is 0 Å². The van der Waals surface area contributed by atoms with E-state index in [1.165, 1.54) is 25.5 Å². The molecule has 1 saturated heterocycles. The van der Waals surface area contributed by atoms with Gasteiger partial charge in [-0.1, -0.05) is 0 Å². The molecule has 4 nitrogen and oxygen atoms in total. The van der Waals surface area contributed by atoms with E-state index in [-0.39, 0.29) is 11.9 Å². The Balaban J connectivity index is 1.60. The molecule has 2 N–H and O–H groups in total. The van der Waals surface area contributed by atoms with Gasteiger partial charge in [0.1, 0.15) is 0 Å². The summed E-state index contributed by atoms with van der Waals surface area (Å²) in [6.45, 7) is 1.00. The second-order valence-corrected chi connectivity index (χ2v) is 5.20. The molecule has 0 bridgehead atoms. The van der Waals surface area contributed by atoms with Gasteiger partial charge in [0.15, 0.2) is 5.76 Å². The van der Waals surface area contributed by atoms with E-state index in [9.17, 15) is 4.79 Å². The maximum atomic E-state index is 11.9. The number of furan rings is 1. The van der Waals surface area contributed by atoms with Crippen LogP contribution in [0.15, 0.2) is 22.8 Å². The van der Waals surface area contributed by atoms with Crippen LogP contribution < -0.4 is 10.6 Å². The Kier molecular flexibility index (Phi) is 2.67. The van der Waals surface area contributed by atoms with E-state index in [0.717, 1.165) is 19.4 Å². The number of hydrogen-bond acceptors (Lipinski definition) is 3. The second kappa shape index (κ2) is 4.18. The Hall–Kier alpha value is -1.29. The third-order valence-corrected chi connectivity index (χ3v) is 4.02. The molecule has 0 radical (unpaired) electrons. The van der Waals surface area contributed by atoms with Crippen molar-refractivity contribution in [2.45, 2.75) is 43.7 Å². The van der Waals surface area contributed by atoms with Crippen molar-refractivity contribution in [1.29, 1.82) is 0 Å². The molecule has 3 rings (SSSR count). The zero-order valence-electron chi connectivity index (χ0n) is 9.87. The van der Waals surface area contributed by atoms with Gasteiger partial charge in [0.25, 0.3) is 5.91 Å². The highest BCUT2D eigenvalue weighted by atomic mass is 16.3. The van der Waals surface area contributed by atoms with Gasteiger partial charge in [-0.05, 0) is 50.8 Å². The second-order valence-electron chi connectivity index (χ2n) is 5.20. The molecule has 1 aliphatic carbocycles. The molecule has 1 aromatic heterocycles. The summed E-state index contributed by atoms with van der Waals surface area (Å²) in [5.74, 6) is 0.322.